The van der Waals surface area contributed by atoms with Gasteiger partial charge < -0.3 is 21.0 Å². The Bertz CT molecular complexity index is 236. The summed E-state index contributed by atoms with van der Waals surface area (Å²) < 4.78 is 4.84. The molecule has 82 valence electrons. The van der Waals surface area contributed by atoms with E-state index in [-0.39, 0.29) is 11.9 Å². The Kier molecular flexibility index (Phi) is 4.20. The van der Waals surface area contributed by atoms with Crippen LogP contribution < -0.4 is 11.1 Å². The van der Waals surface area contributed by atoms with Gasteiger partial charge in [-0.15, -0.1) is 0 Å². The third-order valence-electron chi connectivity index (χ3n) is 1.51. The van der Waals surface area contributed by atoms with Gasteiger partial charge in [0.05, 0.1) is 11.6 Å². The summed E-state index contributed by atoms with van der Waals surface area (Å²) in [6, 6.07) is 0. The highest BCUT2D eigenvalue weighted by molar-refractivity contribution is 5.91. The molecule has 0 radical (unpaired) electrons. The predicted molar refractivity (Wildman–Crippen MR) is 52.2 cm³/mol. The van der Waals surface area contributed by atoms with Crippen molar-refractivity contribution in [3.05, 3.63) is 0 Å². The van der Waals surface area contributed by atoms with Crippen molar-refractivity contribution in [2.75, 3.05) is 0 Å². The van der Waals surface area contributed by atoms with Crippen molar-refractivity contribution in [3.63, 3.8) is 0 Å². The topological polar surface area (TPSA) is 96.9 Å². The highest BCUT2D eigenvalue weighted by atomic mass is 16.6. The monoisotopic (exact) mass is 203 g/mol. The normalized spacial score (nSPS) is 12.8. The molecule has 6 nitrogen and oxygen atoms in total. The minimum Gasteiger partial charge on any atom is -0.447 e. The lowest BCUT2D eigenvalue weighted by Gasteiger charge is -2.24. The van der Waals surface area contributed by atoms with E-state index in [1.54, 1.807) is 27.7 Å². The molecule has 4 N–H and O–H groups in total. The van der Waals surface area contributed by atoms with Crippen molar-refractivity contribution in [1.29, 1.82) is 0 Å². The molecule has 0 aliphatic heterocycles. The second-order valence-corrected chi connectivity index (χ2v) is 3.69. The Morgan fingerprint density at radius 3 is 2.43 bits per heavy atom. The van der Waals surface area contributed by atoms with Gasteiger partial charge in [0.2, 0.25) is 0 Å². The third-order valence-corrected chi connectivity index (χ3v) is 1.51. The number of amides is 1. The van der Waals surface area contributed by atoms with Crippen LogP contribution in [0.4, 0.5) is 4.79 Å². The van der Waals surface area contributed by atoms with Crippen LogP contribution in [-0.2, 0) is 4.74 Å². The number of alkyl carbamates (subject to hydrolysis) is 1. The number of carbonyl (C=O) groups excluding carboxylic acids is 1. The van der Waals surface area contributed by atoms with Crippen molar-refractivity contribution in [3.8, 4) is 0 Å². The molecule has 0 aliphatic rings. The second-order valence-electron chi connectivity index (χ2n) is 3.69. The molecule has 0 unspecified atom stereocenters. The molecule has 0 bridgehead atoms. The van der Waals surface area contributed by atoms with E-state index in [0.717, 1.165) is 0 Å². The third kappa shape index (κ3) is 3.97. The number of hydrogen-bond acceptors (Lipinski definition) is 4. The van der Waals surface area contributed by atoms with Gasteiger partial charge in [0.1, 0.15) is 0 Å². The lowest BCUT2D eigenvalue weighted by atomic mass is 10.1. The van der Waals surface area contributed by atoms with Gasteiger partial charge in [-0.1, -0.05) is 5.16 Å². The zero-order valence-electron chi connectivity index (χ0n) is 8.87. The first kappa shape index (κ1) is 12.5. The summed E-state index contributed by atoms with van der Waals surface area (Å²) >= 11 is 0. The molecule has 0 atom stereocenters. The van der Waals surface area contributed by atoms with Crippen molar-refractivity contribution < 1.29 is 14.7 Å². The summed E-state index contributed by atoms with van der Waals surface area (Å²) in [6.45, 7) is 6.67. The molecule has 0 heterocycles. The first-order valence-electron chi connectivity index (χ1n) is 4.26. The molecule has 1 amide bonds. The minimum absolute atomic E-state index is 0.0850. The molecular weight excluding hydrogens is 186 g/mol. The molecule has 0 aromatic heterocycles. The van der Waals surface area contributed by atoms with Crippen LogP contribution in [0.3, 0.4) is 0 Å². The summed E-state index contributed by atoms with van der Waals surface area (Å²) in [5.41, 5.74) is 4.43. The maximum atomic E-state index is 11.2. The molecule has 14 heavy (non-hydrogen) atoms. The van der Waals surface area contributed by atoms with Gasteiger partial charge in [-0.3, -0.25) is 0 Å². The smallest absolute Gasteiger partial charge is 0.408 e. The van der Waals surface area contributed by atoms with E-state index in [1.807, 2.05) is 0 Å². The summed E-state index contributed by atoms with van der Waals surface area (Å²) in [6.07, 6.45) is -0.810. The van der Waals surface area contributed by atoms with E-state index < -0.39 is 11.6 Å². The number of nitrogens with one attached hydrogen (secondary N) is 1. The summed E-state index contributed by atoms with van der Waals surface area (Å²) in [4.78, 5) is 11.2. The number of hydrogen-bond donors (Lipinski definition) is 3. The maximum absolute atomic E-state index is 11.2. The lowest BCUT2D eigenvalue weighted by Crippen LogP contribution is -2.53. The van der Waals surface area contributed by atoms with Crippen LogP contribution in [0.5, 0.6) is 0 Å². The van der Waals surface area contributed by atoms with Crippen molar-refractivity contribution in [1.82, 2.24) is 5.32 Å². The highest BCUT2D eigenvalue weighted by Gasteiger charge is 2.26. The molecule has 0 saturated heterocycles. The Morgan fingerprint density at radius 2 is 2.07 bits per heavy atom. The van der Waals surface area contributed by atoms with E-state index in [0.29, 0.717) is 0 Å². The van der Waals surface area contributed by atoms with Crippen molar-refractivity contribution in [2.45, 2.75) is 39.3 Å². The lowest BCUT2D eigenvalue weighted by molar-refractivity contribution is 0.111. The van der Waals surface area contributed by atoms with Crippen LogP contribution in [0.15, 0.2) is 5.16 Å². The molecule has 0 spiro atoms. The number of amidine groups is 1. The fourth-order valence-electron chi connectivity index (χ4n) is 0.688. The van der Waals surface area contributed by atoms with E-state index >= 15 is 0 Å². The number of carbonyl (C=O) groups is 1. The first-order chi connectivity index (χ1) is 6.29. The van der Waals surface area contributed by atoms with Crippen LogP contribution in [-0.4, -0.2) is 28.8 Å². The summed E-state index contributed by atoms with van der Waals surface area (Å²) in [7, 11) is 0. The van der Waals surface area contributed by atoms with Gasteiger partial charge in [-0.2, -0.15) is 0 Å². The van der Waals surface area contributed by atoms with Gasteiger partial charge in [-0.25, -0.2) is 4.79 Å². The maximum Gasteiger partial charge on any atom is 0.408 e. The summed E-state index contributed by atoms with van der Waals surface area (Å²) in [5, 5.41) is 13.7. The fourth-order valence-corrected chi connectivity index (χ4v) is 0.688. The number of ether oxygens (including phenoxy) is 1. The number of nitrogens with zero attached hydrogens (tertiary/aromatic N) is 1. The van der Waals surface area contributed by atoms with E-state index in [9.17, 15) is 4.79 Å². The number of nitrogens with two attached hydrogens (primary N) is 1. The first-order valence-corrected chi connectivity index (χ1v) is 4.26. The van der Waals surface area contributed by atoms with Crippen LogP contribution in [0.1, 0.15) is 27.7 Å². The van der Waals surface area contributed by atoms with E-state index in [1.165, 1.54) is 0 Å². The van der Waals surface area contributed by atoms with E-state index in [2.05, 4.69) is 10.5 Å². The van der Waals surface area contributed by atoms with Crippen molar-refractivity contribution in [2.24, 2.45) is 10.9 Å². The molecule has 0 aromatic rings. The number of oxime groups is 1. The van der Waals surface area contributed by atoms with Gasteiger partial charge >= 0.3 is 6.09 Å². The molecule has 6 heteroatoms. The van der Waals surface area contributed by atoms with Crippen LogP contribution in [0.25, 0.3) is 0 Å². The average Bonchev–Trinajstić information content (AvgIpc) is 1.99. The molecule has 0 aliphatic carbocycles. The molecular formula is C8H17N3O3. The van der Waals surface area contributed by atoms with Gasteiger partial charge in [0.15, 0.2) is 5.84 Å². The number of rotatable bonds is 3. The standard InChI is InChI=1S/C8H17N3O3/c1-5(2)14-7(12)10-8(3,4)6(9)11-13/h5,13H,1-4H3,(H2,9,11)(H,10,12). The zero-order chi connectivity index (χ0) is 11.4. The van der Waals surface area contributed by atoms with Crippen LogP contribution in [0, 0.1) is 0 Å². The molecule has 0 rings (SSSR count). The summed E-state index contributed by atoms with van der Waals surface area (Å²) in [5.74, 6) is -0.0850. The SMILES string of the molecule is CC(C)OC(=O)NC(C)(C)C(N)=NO. The van der Waals surface area contributed by atoms with Crippen LogP contribution in [0.2, 0.25) is 0 Å². The fraction of sp³-hybridized carbons (Fsp3) is 0.750. The minimum atomic E-state index is -0.930. The quantitative estimate of drug-likeness (QED) is 0.271. The van der Waals surface area contributed by atoms with E-state index in [4.69, 9.17) is 15.7 Å². The van der Waals surface area contributed by atoms with Crippen LogP contribution >= 0.6 is 0 Å². The Hall–Kier alpha value is -1.46. The molecule has 0 fully saturated rings. The molecule has 0 aromatic carbocycles. The Labute approximate surface area is 83.1 Å². The Balaban J connectivity index is 4.29. The Morgan fingerprint density at radius 1 is 1.57 bits per heavy atom. The largest absolute Gasteiger partial charge is 0.447 e. The van der Waals surface area contributed by atoms with Gasteiger partial charge in [0, 0.05) is 0 Å². The van der Waals surface area contributed by atoms with Crippen molar-refractivity contribution >= 4 is 11.9 Å². The average molecular weight is 203 g/mol. The predicted octanol–water partition coefficient (Wildman–Crippen LogP) is 0.646. The molecule has 0 saturated carbocycles. The zero-order valence-corrected chi connectivity index (χ0v) is 8.87. The highest BCUT2D eigenvalue weighted by Crippen LogP contribution is 2.03. The van der Waals surface area contributed by atoms with Gasteiger partial charge in [-0.05, 0) is 27.7 Å². The second kappa shape index (κ2) is 4.69. The van der Waals surface area contributed by atoms with Gasteiger partial charge in [0.25, 0.3) is 0 Å².